The van der Waals surface area contributed by atoms with E-state index in [2.05, 4.69) is 20.8 Å². The highest BCUT2D eigenvalue weighted by molar-refractivity contribution is 6.30. The molecule has 1 aromatic rings. The van der Waals surface area contributed by atoms with Gasteiger partial charge in [0.05, 0.1) is 7.11 Å². The lowest BCUT2D eigenvalue weighted by atomic mass is 9.79. The topological polar surface area (TPSA) is 35.2 Å². The van der Waals surface area contributed by atoms with Gasteiger partial charge >= 0.3 is 0 Å². The Labute approximate surface area is 109 Å². The van der Waals surface area contributed by atoms with E-state index in [1.165, 1.54) is 0 Å². The smallest absolute Gasteiger partial charge is 0.122 e. The second-order valence-corrected chi connectivity index (χ2v) is 5.31. The summed E-state index contributed by atoms with van der Waals surface area (Å²) in [6, 6.07) is 5.68. The maximum absolute atomic E-state index is 6.45. The molecule has 17 heavy (non-hydrogen) atoms. The van der Waals surface area contributed by atoms with Crippen molar-refractivity contribution in [2.75, 3.05) is 7.11 Å². The third-order valence-corrected chi connectivity index (χ3v) is 3.81. The molecule has 0 heterocycles. The van der Waals surface area contributed by atoms with Crippen LogP contribution >= 0.6 is 11.6 Å². The highest BCUT2D eigenvalue weighted by Gasteiger charge is 2.28. The minimum atomic E-state index is -0.210. The molecule has 0 radical (unpaired) electrons. The van der Waals surface area contributed by atoms with Crippen LogP contribution in [0.3, 0.4) is 0 Å². The minimum absolute atomic E-state index is 0.210. The lowest BCUT2D eigenvalue weighted by Crippen LogP contribution is -2.46. The Morgan fingerprint density at radius 3 is 2.53 bits per heavy atom. The Morgan fingerprint density at radius 1 is 1.41 bits per heavy atom. The van der Waals surface area contributed by atoms with Crippen LogP contribution in [0.4, 0.5) is 0 Å². The van der Waals surface area contributed by atoms with Crippen LogP contribution < -0.4 is 10.5 Å². The summed E-state index contributed by atoms with van der Waals surface area (Å²) in [4.78, 5) is 0. The molecule has 0 aromatic heterocycles. The van der Waals surface area contributed by atoms with Gasteiger partial charge in [-0.2, -0.15) is 0 Å². The first-order valence-corrected chi connectivity index (χ1v) is 6.42. The van der Waals surface area contributed by atoms with E-state index in [9.17, 15) is 0 Å². The van der Waals surface area contributed by atoms with E-state index >= 15 is 0 Å². The Balaban J connectivity index is 3.04. The van der Waals surface area contributed by atoms with E-state index in [1.807, 2.05) is 18.2 Å². The molecular formula is C14H22ClNO. The van der Waals surface area contributed by atoms with Crippen LogP contribution in [0.5, 0.6) is 5.75 Å². The van der Waals surface area contributed by atoms with E-state index in [4.69, 9.17) is 22.1 Å². The van der Waals surface area contributed by atoms with Crippen molar-refractivity contribution in [3.8, 4) is 5.75 Å². The van der Waals surface area contributed by atoms with Crippen molar-refractivity contribution in [3.63, 3.8) is 0 Å². The van der Waals surface area contributed by atoms with Gasteiger partial charge in [0.2, 0.25) is 0 Å². The number of halogens is 1. The summed E-state index contributed by atoms with van der Waals surface area (Å²) in [5.41, 5.74) is 7.32. The monoisotopic (exact) mass is 255 g/mol. The fourth-order valence-corrected chi connectivity index (χ4v) is 2.17. The van der Waals surface area contributed by atoms with E-state index in [1.54, 1.807) is 7.11 Å². The molecule has 0 aliphatic heterocycles. The first-order valence-electron chi connectivity index (χ1n) is 6.04. The lowest BCUT2D eigenvalue weighted by molar-refractivity contribution is 0.291. The van der Waals surface area contributed by atoms with Crippen LogP contribution in [0.1, 0.15) is 32.8 Å². The Kier molecular flexibility index (Phi) is 4.84. The third kappa shape index (κ3) is 3.36. The fraction of sp³-hybridized carbons (Fsp3) is 0.571. The van der Waals surface area contributed by atoms with Crippen molar-refractivity contribution in [3.05, 3.63) is 28.8 Å². The summed E-state index contributed by atoms with van der Waals surface area (Å²) in [7, 11) is 1.67. The highest BCUT2D eigenvalue weighted by Crippen LogP contribution is 2.30. The average Bonchev–Trinajstić information content (AvgIpc) is 2.29. The van der Waals surface area contributed by atoms with Crippen molar-refractivity contribution >= 4 is 11.6 Å². The van der Waals surface area contributed by atoms with Crippen LogP contribution in [0.2, 0.25) is 5.02 Å². The molecule has 1 unspecified atom stereocenters. The third-order valence-electron chi connectivity index (χ3n) is 3.57. The van der Waals surface area contributed by atoms with Crippen molar-refractivity contribution in [2.45, 2.75) is 39.2 Å². The Morgan fingerprint density at radius 2 is 2.06 bits per heavy atom. The van der Waals surface area contributed by atoms with Crippen LogP contribution in [-0.2, 0) is 6.42 Å². The van der Waals surface area contributed by atoms with Gasteiger partial charge < -0.3 is 10.5 Å². The SMILES string of the molecule is CCC(N)(Cc1cc(Cl)ccc1OC)C(C)C. The number of nitrogens with two attached hydrogens (primary N) is 1. The average molecular weight is 256 g/mol. The van der Waals surface area contributed by atoms with Gasteiger partial charge in [-0.05, 0) is 42.5 Å². The van der Waals surface area contributed by atoms with Crippen LogP contribution in [0.15, 0.2) is 18.2 Å². The summed E-state index contributed by atoms with van der Waals surface area (Å²) in [6.45, 7) is 6.43. The van der Waals surface area contributed by atoms with Crippen LogP contribution in [0, 0.1) is 5.92 Å². The van der Waals surface area contributed by atoms with E-state index in [-0.39, 0.29) is 5.54 Å². The molecule has 0 spiro atoms. The zero-order valence-corrected chi connectivity index (χ0v) is 11.8. The molecule has 1 aromatic carbocycles. The van der Waals surface area contributed by atoms with Gasteiger partial charge in [-0.25, -0.2) is 0 Å². The van der Waals surface area contributed by atoms with Gasteiger partial charge in [0.15, 0.2) is 0 Å². The highest BCUT2D eigenvalue weighted by atomic mass is 35.5. The number of hydrogen-bond acceptors (Lipinski definition) is 2. The number of ether oxygens (including phenoxy) is 1. The van der Waals surface area contributed by atoms with Gasteiger partial charge in [-0.3, -0.25) is 0 Å². The molecule has 0 saturated carbocycles. The largest absolute Gasteiger partial charge is 0.496 e. The molecule has 0 fully saturated rings. The molecule has 0 aliphatic carbocycles. The molecule has 1 rings (SSSR count). The molecular weight excluding hydrogens is 234 g/mol. The van der Waals surface area contributed by atoms with E-state index < -0.39 is 0 Å². The molecule has 0 saturated heterocycles. The molecule has 0 amide bonds. The molecule has 0 aliphatic rings. The van der Waals surface area contributed by atoms with Gasteiger partial charge in [0, 0.05) is 10.6 Å². The summed E-state index contributed by atoms with van der Waals surface area (Å²) in [5, 5.41) is 0.725. The summed E-state index contributed by atoms with van der Waals surface area (Å²) < 4.78 is 5.36. The molecule has 2 N–H and O–H groups in total. The van der Waals surface area contributed by atoms with Gasteiger partial charge in [0.25, 0.3) is 0 Å². The van der Waals surface area contributed by atoms with Gasteiger partial charge in [-0.1, -0.05) is 32.4 Å². The predicted octanol–water partition coefficient (Wildman–Crippen LogP) is 3.65. The van der Waals surface area contributed by atoms with E-state index in [0.717, 1.165) is 29.2 Å². The fourth-order valence-electron chi connectivity index (χ4n) is 1.98. The summed E-state index contributed by atoms with van der Waals surface area (Å²) >= 11 is 6.03. The second kappa shape index (κ2) is 5.74. The first kappa shape index (κ1) is 14.3. The Hall–Kier alpha value is -0.730. The van der Waals surface area contributed by atoms with Gasteiger partial charge in [-0.15, -0.1) is 0 Å². The van der Waals surface area contributed by atoms with Crippen molar-refractivity contribution in [1.82, 2.24) is 0 Å². The molecule has 3 heteroatoms. The zero-order chi connectivity index (χ0) is 13.1. The first-order chi connectivity index (χ1) is 7.92. The minimum Gasteiger partial charge on any atom is -0.496 e. The lowest BCUT2D eigenvalue weighted by Gasteiger charge is -2.33. The number of benzene rings is 1. The zero-order valence-electron chi connectivity index (χ0n) is 11.1. The summed E-state index contributed by atoms with van der Waals surface area (Å²) in [5.74, 6) is 1.27. The van der Waals surface area contributed by atoms with Crippen LogP contribution in [0.25, 0.3) is 0 Å². The predicted molar refractivity (Wildman–Crippen MR) is 73.8 cm³/mol. The van der Waals surface area contributed by atoms with Crippen molar-refractivity contribution in [1.29, 1.82) is 0 Å². The van der Waals surface area contributed by atoms with Crippen molar-refractivity contribution < 1.29 is 4.74 Å². The number of rotatable bonds is 5. The quantitative estimate of drug-likeness (QED) is 0.872. The molecule has 0 bridgehead atoms. The maximum atomic E-state index is 6.45. The molecule has 96 valence electrons. The molecule has 2 nitrogen and oxygen atoms in total. The standard InChI is InChI=1S/C14H22ClNO/c1-5-14(16,10(2)3)9-11-8-12(15)6-7-13(11)17-4/h6-8,10H,5,9,16H2,1-4H3. The summed E-state index contributed by atoms with van der Waals surface area (Å²) in [6.07, 6.45) is 1.71. The number of methoxy groups -OCH3 is 1. The second-order valence-electron chi connectivity index (χ2n) is 4.87. The van der Waals surface area contributed by atoms with E-state index in [0.29, 0.717) is 5.92 Å². The van der Waals surface area contributed by atoms with Crippen molar-refractivity contribution in [2.24, 2.45) is 11.7 Å². The molecule has 1 atom stereocenters. The van der Waals surface area contributed by atoms with Crippen LogP contribution in [-0.4, -0.2) is 12.6 Å². The number of hydrogen-bond donors (Lipinski definition) is 1. The van der Waals surface area contributed by atoms with Gasteiger partial charge in [0.1, 0.15) is 5.75 Å². The Bertz CT molecular complexity index is 378. The maximum Gasteiger partial charge on any atom is 0.122 e. The normalized spacial score (nSPS) is 14.8.